The van der Waals surface area contributed by atoms with Gasteiger partial charge < -0.3 is 4.98 Å². The Bertz CT molecular complexity index is 969. The predicted molar refractivity (Wildman–Crippen MR) is 88.8 cm³/mol. The highest BCUT2D eigenvalue weighted by Gasteiger charge is 2.10. The van der Waals surface area contributed by atoms with Crippen molar-refractivity contribution in [3.05, 3.63) is 65.3 Å². The van der Waals surface area contributed by atoms with E-state index < -0.39 is 0 Å². The Labute approximate surface area is 127 Å². The highest BCUT2D eigenvalue weighted by atomic mass is 35.5. The number of aryl methyl sites for hydroxylation is 1. The van der Waals surface area contributed by atoms with Gasteiger partial charge in [0, 0.05) is 28.0 Å². The third-order valence-corrected chi connectivity index (χ3v) is 4.09. The Morgan fingerprint density at radius 3 is 2.76 bits per heavy atom. The average Bonchev–Trinajstić information content (AvgIpc) is 2.90. The first-order valence-corrected chi connectivity index (χ1v) is 7.23. The van der Waals surface area contributed by atoms with Crippen molar-refractivity contribution in [1.29, 1.82) is 0 Å². The first kappa shape index (κ1) is 12.4. The topological polar surface area (TPSA) is 28.7 Å². The van der Waals surface area contributed by atoms with Crippen molar-refractivity contribution in [2.75, 3.05) is 0 Å². The highest BCUT2D eigenvalue weighted by Crippen LogP contribution is 2.32. The van der Waals surface area contributed by atoms with Crippen molar-refractivity contribution in [1.82, 2.24) is 9.97 Å². The lowest BCUT2D eigenvalue weighted by atomic mass is 10.1. The molecule has 2 heterocycles. The summed E-state index contributed by atoms with van der Waals surface area (Å²) >= 11 is 6.41. The Morgan fingerprint density at radius 2 is 1.86 bits per heavy atom. The number of fused-ring (bicyclic) bond motifs is 2. The maximum Gasteiger partial charge on any atom is 0.0746 e. The van der Waals surface area contributed by atoms with Gasteiger partial charge in [0.15, 0.2) is 0 Å². The number of nitrogens with zero attached hydrogens (tertiary/aromatic N) is 1. The fraction of sp³-hybridized carbons (Fsp3) is 0.0556. The largest absolute Gasteiger partial charge is 0.360 e. The first-order valence-electron chi connectivity index (χ1n) is 6.86. The van der Waals surface area contributed by atoms with Crippen LogP contribution in [0.1, 0.15) is 5.56 Å². The molecule has 0 aliphatic carbocycles. The molecule has 21 heavy (non-hydrogen) atoms. The van der Waals surface area contributed by atoms with Gasteiger partial charge in [-0.1, -0.05) is 41.9 Å². The summed E-state index contributed by atoms with van der Waals surface area (Å²) in [6.45, 7) is 2.09. The molecular weight excluding hydrogens is 280 g/mol. The minimum atomic E-state index is 0.733. The second-order valence-corrected chi connectivity index (χ2v) is 5.67. The Hall–Kier alpha value is -2.32. The van der Waals surface area contributed by atoms with Gasteiger partial charge in [-0.15, -0.1) is 0 Å². The van der Waals surface area contributed by atoms with Crippen molar-refractivity contribution in [3.8, 4) is 11.3 Å². The zero-order chi connectivity index (χ0) is 14.4. The minimum Gasteiger partial charge on any atom is -0.360 e. The van der Waals surface area contributed by atoms with Crippen LogP contribution in [0.5, 0.6) is 0 Å². The molecule has 2 aromatic carbocycles. The maximum atomic E-state index is 6.41. The van der Waals surface area contributed by atoms with Crippen LogP contribution in [0, 0.1) is 6.92 Å². The van der Waals surface area contributed by atoms with Crippen LogP contribution in [-0.4, -0.2) is 9.97 Å². The zero-order valence-corrected chi connectivity index (χ0v) is 12.3. The summed E-state index contributed by atoms with van der Waals surface area (Å²) < 4.78 is 0. The molecule has 1 N–H and O–H groups in total. The molecule has 0 aliphatic rings. The molecular formula is C18H13ClN2. The molecule has 102 valence electrons. The molecule has 0 spiro atoms. The van der Waals surface area contributed by atoms with E-state index in [9.17, 15) is 0 Å². The molecule has 0 unspecified atom stereocenters. The molecule has 0 amide bonds. The van der Waals surface area contributed by atoms with Crippen LogP contribution in [0.15, 0.2) is 54.7 Å². The van der Waals surface area contributed by atoms with E-state index in [1.54, 1.807) is 0 Å². The van der Waals surface area contributed by atoms with Crippen LogP contribution < -0.4 is 0 Å². The molecule has 2 nitrogen and oxygen atoms in total. The van der Waals surface area contributed by atoms with Crippen LogP contribution in [0.4, 0.5) is 0 Å². The Kier molecular flexibility index (Phi) is 2.72. The summed E-state index contributed by atoms with van der Waals surface area (Å²) in [5.41, 5.74) is 5.25. The van der Waals surface area contributed by atoms with Gasteiger partial charge in [0.05, 0.1) is 16.2 Å². The lowest BCUT2D eigenvalue weighted by Gasteiger charge is -2.04. The van der Waals surface area contributed by atoms with E-state index >= 15 is 0 Å². The number of benzene rings is 2. The second kappa shape index (κ2) is 4.61. The van der Waals surface area contributed by atoms with Crippen LogP contribution in [0.25, 0.3) is 33.1 Å². The van der Waals surface area contributed by atoms with E-state index in [4.69, 9.17) is 16.6 Å². The van der Waals surface area contributed by atoms with Gasteiger partial charge >= 0.3 is 0 Å². The number of H-pyrrole nitrogens is 1. The van der Waals surface area contributed by atoms with Crippen LogP contribution in [-0.2, 0) is 0 Å². The molecule has 0 saturated carbocycles. The molecule has 0 atom stereocenters. The van der Waals surface area contributed by atoms with Gasteiger partial charge in [-0.05, 0) is 30.7 Å². The Balaban J connectivity index is 2.00. The molecule has 0 fully saturated rings. The monoisotopic (exact) mass is 292 g/mol. The number of nitrogens with one attached hydrogen (secondary N) is 1. The first-order chi connectivity index (χ1) is 10.2. The van der Waals surface area contributed by atoms with Crippen LogP contribution in [0.2, 0.25) is 5.02 Å². The van der Waals surface area contributed by atoms with E-state index in [-0.39, 0.29) is 0 Å². The molecule has 0 aliphatic heterocycles. The van der Waals surface area contributed by atoms with E-state index in [1.807, 2.05) is 36.5 Å². The summed E-state index contributed by atoms with van der Waals surface area (Å²) in [7, 11) is 0. The number of rotatable bonds is 1. The SMILES string of the molecule is Cc1ccc2c(-c3cc(Cl)c4ccccc4n3)c[nH]c2c1. The zero-order valence-electron chi connectivity index (χ0n) is 11.5. The van der Waals surface area contributed by atoms with E-state index in [0.29, 0.717) is 0 Å². The second-order valence-electron chi connectivity index (χ2n) is 5.26. The average molecular weight is 293 g/mol. The molecule has 2 aromatic heterocycles. The molecule has 4 aromatic rings. The standard InChI is InChI=1S/C18H13ClN2/c1-11-6-7-12-14(10-20-17(12)8-11)18-9-15(19)13-4-2-3-5-16(13)21-18/h2-10,20H,1H3. The minimum absolute atomic E-state index is 0.733. The number of aromatic amines is 1. The fourth-order valence-electron chi connectivity index (χ4n) is 2.72. The van der Waals surface area contributed by atoms with Crippen molar-refractivity contribution >= 4 is 33.4 Å². The van der Waals surface area contributed by atoms with Gasteiger partial charge in [-0.2, -0.15) is 0 Å². The molecule has 0 radical (unpaired) electrons. The molecule has 3 heteroatoms. The summed E-state index contributed by atoms with van der Waals surface area (Å²) in [5.74, 6) is 0. The van der Waals surface area contributed by atoms with Crippen LogP contribution in [0.3, 0.4) is 0 Å². The lowest BCUT2D eigenvalue weighted by Crippen LogP contribution is -1.85. The van der Waals surface area contributed by atoms with E-state index in [0.717, 1.165) is 32.7 Å². The van der Waals surface area contributed by atoms with Crippen molar-refractivity contribution in [2.24, 2.45) is 0 Å². The summed E-state index contributed by atoms with van der Waals surface area (Å²) in [5, 5.41) is 2.88. The summed E-state index contributed by atoms with van der Waals surface area (Å²) in [4.78, 5) is 8.06. The summed E-state index contributed by atoms with van der Waals surface area (Å²) in [6.07, 6.45) is 2.00. The number of hydrogen-bond acceptors (Lipinski definition) is 1. The summed E-state index contributed by atoms with van der Waals surface area (Å²) in [6, 6.07) is 16.3. The number of aromatic nitrogens is 2. The van der Waals surface area contributed by atoms with E-state index in [1.165, 1.54) is 10.9 Å². The van der Waals surface area contributed by atoms with Gasteiger partial charge in [0.25, 0.3) is 0 Å². The molecule has 0 saturated heterocycles. The van der Waals surface area contributed by atoms with Gasteiger partial charge in [0.2, 0.25) is 0 Å². The normalized spacial score (nSPS) is 11.3. The number of pyridine rings is 1. The quantitative estimate of drug-likeness (QED) is 0.503. The smallest absolute Gasteiger partial charge is 0.0746 e. The van der Waals surface area contributed by atoms with E-state index in [2.05, 4.69) is 30.1 Å². The number of hydrogen-bond donors (Lipinski definition) is 1. The van der Waals surface area contributed by atoms with Crippen molar-refractivity contribution < 1.29 is 0 Å². The van der Waals surface area contributed by atoms with Crippen molar-refractivity contribution in [3.63, 3.8) is 0 Å². The van der Waals surface area contributed by atoms with Gasteiger partial charge in [0.1, 0.15) is 0 Å². The third kappa shape index (κ3) is 1.99. The predicted octanol–water partition coefficient (Wildman–Crippen LogP) is 5.34. The maximum absolute atomic E-state index is 6.41. The van der Waals surface area contributed by atoms with Crippen LogP contribution >= 0.6 is 11.6 Å². The lowest BCUT2D eigenvalue weighted by molar-refractivity contribution is 1.39. The highest BCUT2D eigenvalue weighted by molar-refractivity contribution is 6.35. The Morgan fingerprint density at radius 1 is 1.00 bits per heavy atom. The van der Waals surface area contributed by atoms with Gasteiger partial charge in [-0.25, -0.2) is 4.98 Å². The fourth-order valence-corrected chi connectivity index (χ4v) is 2.99. The molecule has 4 rings (SSSR count). The van der Waals surface area contributed by atoms with Crippen molar-refractivity contribution in [2.45, 2.75) is 6.92 Å². The van der Waals surface area contributed by atoms with Gasteiger partial charge in [-0.3, -0.25) is 0 Å². The number of halogens is 1. The molecule has 0 bridgehead atoms. The third-order valence-electron chi connectivity index (χ3n) is 3.78. The number of para-hydroxylation sites is 1.